The Morgan fingerprint density at radius 2 is 2.00 bits per heavy atom. The van der Waals surface area contributed by atoms with Gasteiger partial charge >= 0.3 is 5.97 Å². The molecule has 112 valence electrons. The molecule has 1 aliphatic carbocycles. The molecule has 1 saturated carbocycles. The van der Waals surface area contributed by atoms with Gasteiger partial charge in [-0.05, 0) is 32.8 Å². The van der Waals surface area contributed by atoms with Gasteiger partial charge in [0.25, 0.3) is 0 Å². The number of nitrogens with one attached hydrogen (secondary N) is 1. The first-order valence-corrected chi connectivity index (χ1v) is 6.96. The van der Waals surface area contributed by atoms with Gasteiger partial charge in [0.15, 0.2) is 11.6 Å². The molecule has 0 atom stereocenters. The number of rotatable bonds is 4. The number of esters is 1. The molecule has 1 aromatic rings. The predicted molar refractivity (Wildman–Crippen MR) is 75.0 cm³/mol. The minimum atomic E-state index is -1.03. The standard InChI is InChI=1S/C13H15F2NO2.C2H6/c1-3-18-13(17)9-6-10(14)11(15)7(2)12(9)16-8-4-5-8;1-2/h6,8,16H,3-5H2,1-2H3;1-2H3. The third-order valence-corrected chi connectivity index (χ3v) is 2.88. The van der Waals surface area contributed by atoms with E-state index in [1.54, 1.807) is 6.92 Å². The minimum Gasteiger partial charge on any atom is -0.462 e. The molecule has 5 heteroatoms. The zero-order valence-corrected chi connectivity index (χ0v) is 12.3. The Balaban J connectivity index is 0.000000956. The van der Waals surface area contributed by atoms with E-state index in [9.17, 15) is 13.6 Å². The van der Waals surface area contributed by atoms with Crippen LogP contribution in [-0.2, 0) is 4.74 Å². The van der Waals surface area contributed by atoms with Crippen LogP contribution in [0.4, 0.5) is 14.5 Å². The Morgan fingerprint density at radius 3 is 2.50 bits per heavy atom. The molecule has 1 fully saturated rings. The van der Waals surface area contributed by atoms with Crippen LogP contribution in [0.2, 0.25) is 0 Å². The number of benzene rings is 1. The maximum atomic E-state index is 13.5. The van der Waals surface area contributed by atoms with E-state index in [-0.39, 0.29) is 23.8 Å². The van der Waals surface area contributed by atoms with Gasteiger partial charge in [0.2, 0.25) is 0 Å². The Labute approximate surface area is 118 Å². The Bertz CT molecular complexity index is 485. The van der Waals surface area contributed by atoms with Crippen molar-refractivity contribution in [1.29, 1.82) is 0 Å². The molecule has 0 amide bonds. The third kappa shape index (κ3) is 3.68. The van der Waals surface area contributed by atoms with Crippen LogP contribution in [-0.4, -0.2) is 18.6 Å². The summed E-state index contributed by atoms with van der Waals surface area (Å²) in [6.07, 6.45) is 1.95. The van der Waals surface area contributed by atoms with Crippen molar-refractivity contribution in [3.05, 3.63) is 28.8 Å². The van der Waals surface area contributed by atoms with Crippen molar-refractivity contribution in [2.24, 2.45) is 0 Å². The van der Waals surface area contributed by atoms with Gasteiger partial charge in [-0.25, -0.2) is 13.6 Å². The second-order valence-electron chi connectivity index (χ2n) is 4.36. The number of ether oxygens (including phenoxy) is 1. The van der Waals surface area contributed by atoms with E-state index < -0.39 is 17.6 Å². The predicted octanol–water partition coefficient (Wildman–Crippen LogP) is 4.05. The van der Waals surface area contributed by atoms with E-state index in [4.69, 9.17) is 4.74 Å². The molecular formula is C15H21F2NO2. The molecule has 3 nitrogen and oxygen atoms in total. The van der Waals surface area contributed by atoms with Gasteiger partial charge in [-0.3, -0.25) is 0 Å². The van der Waals surface area contributed by atoms with Gasteiger partial charge in [0.1, 0.15) is 0 Å². The number of hydrogen-bond donors (Lipinski definition) is 1. The smallest absolute Gasteiger partial charge is 0.340 e. The number of carbonyl (C=O) groups is 1. The van der Waals surface area contributed by atoms with Gasteiger partial charge in [-0.2, -0.15) is 0 Å². The van der Waals surface area contributed by atoms with Gasteiger partial charge in [-0.1, -0.05) is 13.8 Å². The summed E-state index contributed by atoms with van der Waals surface area (Å²) in [6, 6.07) is 1.13. The van der Waals surface area contributed by atoms with Crippen LogP contribution in [0, 0.1) is 18.6 Å². The van der Waals surface area contributed by atoms with Crippen molar-refractivity contribution in [3.8, 4) is 0 Å². The molecule has 1 aliphatic rings. The molecule has 1 aromatic carbocycles. The fraction of sp³-hybridized carbons (Fsp3) is 0.533. The van der Waals surface area contributed by atoms with Crippen molar-refractivity contribution in [2.75, 3.05) is 11.9 Å². The molecule has 0 aromatic heterocycles. The van der Waals surface area contributed by atoms with E-state index in [2.05, 4.69) is 5.32 Å². The molecule has 0 aliphatic heterocycles. The lowest BCUT2D eigenvalue weighted by molar-refractivity contribution is 0.0526. The minimum absolute atomic E-state index is 0.0557. The maximum Gasteiger partial charge on any atom is 0.340 e. The lowest BCUT2D eigenvalue weighted by Gasteiger charge is -2.14. The first-order valence-electron chi connectivity index (χ1n) is 6.96. The first kappa shape index (κ1) is 16.4. The van der Waals surface area contributed by atoms with Crippen LogP contribution in [0.3, 0.4) is 0 Å². The Kier molecular flexibility index (Phi) is 5.92. The maximum absolute atomic E-state index is 13.5. The summed E-state index contributed by atoms with van der Waals surface area (Å²) in [6.45, 7) is 7.31. The first-order chi connectivity index (χ1) is 9.54. The van der Waals surface area contributed by atoms with Crippen LogP contribution in [0.1, 0.15) is 49.5 Å². The average molecular weight is 285 g/mol. The van der Waals surface area contributed by atoms with Crippen LogP contribution in [0.5, 0.6) is 0 Å². The summed E-state index contributed by atoms with van der Waals surface area (Å²) in [5, 5.41) is 3.05. The zero-order valence-electron chi connectivity index (χ0n) is 12.3. The monoisotopic (exact) mass is 285 g/mol. The molecular weight excluding hydrogens is 264 g/mol. The van der Waals surface area contributed by atoms with E-state index in [0.717, 1.165) is 18.9 Å². The highest BCUT2D eigenvalue weighted by Gasteiger charge is 2.27. The van der Waals surface area contributed by atoms with Crippen molar-refractivity contribution in [2.45, 2.75) is 46.6 Å². The summed E-state index contributed by atoms with van der Waals surface area (Å²) in [5.41, 5.74) is 0.514. The molecule has 0 heterocycles. The van der Waals surface area contributed by atoms with Gasteiger partial charge < -0.3 is 10.1 Å². The van der Waals surface area contributed by atoms with E-state index >= 15 is 0 Å². The molecule has 20 heavy (non-hydrogen) atoms. The SMILES string of the molecule is CC.CCOC(=O)c1cc(F)c(F)c(C)c1NC1CC1. The van der Waals surface area contributed by atoms with Gasteiger partial charge in [-0.15, -0.1) is 0 Å². The molecule has 0 radical (unpaired) electrons. The lowest BCUT2D eigenvalue weighted by Crippen LogP contribution is -2.14. The molecule has 2 rings (SSSR count). The molecule has 1 N–H and O–H groups in total. The van der Waals surface area contributed by atoms with Crippen LogP contribution in [0.25, 0.3) is 0 Å². The number of halogens is 2. The van der Waals surface area contributed by atoms with Crippen LogP contribution >= 0.6 is 0 Å². The fourth-order valence-electron chi connectivity index (χ4n) is 1.74. The van der Waals surface area contributed by atoms with Crippen molar-refractivity contribution < 1.29 is 18.3 Å². The summed E-state index contributed by atoms with van der Waals surface area (Å²) in [4.78, 5) is 11.7. The molecule has 0 bridgehead atoms. The molecule has 0 spiro atoms. The lowest BCUT2D eigenvalue weighted by atomic mass is 10.1. The summed E-state index contributed by atoms with van der Waals surface area (Å²) >= 11 is 0. The van der Waals surface area contributed by atoms with E-state index in [1.165, 1.54) is 6.92 Å². The highest BCUT2D eigenvalue weighted by atomic mass is 19.2. The summed E-state index contributed by atoms with van der Waals surface area (Å²) < 4.78 is 31.7. The second-order valence-corrected chi connectivity index (χ2v) is 4.36. The number of carbonyl (C=O) groups excluding carboxylic acids is 1. The van der Waals surface area contributed by atoms with Crippen molar-refractivity contribution in [3.63, 3.8) is 0 Å². The number of anilines is 1. The van der Waals surface area contributed by atoms with Gasteiger partial charge in [0, 0.05) is 11.6 Å². The molecule has 0 unspecified atom stereocenters. The summed E-state index contributed by atoms with van der Waals surface area (Å²) in [7, 11) is 0. The average Bonchev–Trinajstić information content (AvgIpc) is 3.26. The summed E-state index contributed by atoms with van der Waals surface area (Å²) in [5.74, 6) is -2.59. The normalized spacial score (nSPS) is 13.3. The third-order valence-electron chi connectivity index (χ3n) is 2.88. The quantitative estimate of drug-likeness (QED) is 0.848. The zero-order chi connectivity index (χ0) is 15.3. The highest BCUT2D eigenvalue weighted by Crippen LogP contribution is 2.32. The Morgan fingerprint density at radius 1 is 1.40 bits per heavy atom. The van der Waals surface area contributed by atoms with Crippen molar-refractivity contribution in [1.82, 2.24) is 0 Å². The van der Waals surface area contributed by atoms with Crippen LogP contribution < -0.4 is 5.32 Å². The Hall–Kier alpha value is -1.65. The number of hydrogen-bond acceptors (Lipinski definition) is 3. The van der Waals surface area contributed by atoms with E-state index in [1.807, 2.05) is 13.8 Å². The van der Waals surface area contributed by atoms with Crippen molar-refractivity contribution >= 4 is 11.7 Å². The molecule has 0 saturated heterocycles. The second kappa shape index (κ2) is 7.22. The van der Waals surface area contributed by atoms with Gasteiger partial charge in [0.05, 0.1) is 17.9 Å². The fourth-order valence-corrected chi connectivity index (χ4v) is 1.74. The topological polar surface area (TPSA) is 38.3 Å². The van der Waals surface area contributed by atoms with Crippen LogP contribution in [0.15, 0.2) is 6.07 Å². The largest absolute Gasteiger partial charge is 0.462 e. The highest BCUT2D eigenvalue weighted by molar-refractivity contribution is 5.96. The van der Waals surface area contributed by atoms with E-state index in [0.29, 0.717) is 5.69 Å².